The van der Waals surface area contributed by atoms with E-state index in [-0.39, 0.29) is 23.1 Å². The van der Waals surface area contributed by atoms with Crippen molar-refractivity contribution in [2.75, 3.05) is 12.4 Å². The zero-order valence-corrected chi connectivity index (χ0v) is 9.71. The molecule has 0 aromatic rings. The molecule has 0 bridgehead atoms. The molecule has 1 heterocycles. The maximum Gasteiger partial charge on any atom is 0.155 e. The fourth-order valence-electron chi connectivity index (χ4n) is 2.47. The van der Waals surface area contributed by atoms with Crippen LogP contribution in [0.2, 0.25) is 0 Å². The number of hydrogen-bond donors (Lipinski definition) is 1. The van der Waals surface area contributed by atoms with E-state index in [0.717, 1.165) is 25.7 Å². The zero-order valence-electron chi connectivity index (χ0n) is 8.89. The Morgan fingerprint density at radius 2 is 2.07 bits per heavy atom. The van der Waals surface area contributed by atoms with Crippen molar-refractivity contribution >= 4 is 9.84 Å². The molecule has 3 atom stereocenters. The fourth-order valence-corrected chi connectivity index (χ4v) is 4.56. The summed E-state index contributed by atoms with van der Waals surface area (Å²) in [4.78, 5) is 0. The molecule has 3 unspecified atom stereocenters. The van der Waals surface area contributed by atoms with Crippen LogP contribution in [0, 0.1) is 0 Å². The zero-order chi connectivity index (χ0) is 10.9. The standard InChI is InChI=1S/C10H19NO3S/c11-8-3-4-10(6-8)15(12,13)7-9-2-1-5-14-9/h8-10H,1-7,11H2. The quantitative estimate of drug-likeness (QED) is 0.769. The van der Waals surface area contributed by atoms with E-state index in [0.29, 0.717) is 13.0 Å². The van der Waals surface area contributed by atoms with Gasteiger partial charge in [0.1, 0.15) is 0 Å². The number of nitrogens with two attached hydrogens (primary N) is 1. The lowest BCUT2D eigenvalue weighted by atomic mass is 10.3. The van der Waals surface area contributed by atoms with Gasteiger partial charge in [-0.1, -0.05) is 0 Å². The minimum absolute atomic E-state index is 0.0631. The second-order valence-electron chi connectivity index (χ2n) is 4.66. The first kappa shape index (κ1) is 11.4. The van der Waals surface area contributed by atoms with E-state index < -0.39 is 9.84 Å². The first-order valence-corrected chi connectivity index (χ1v) is 7.38. The van der Waals surface area contributed by atoms with Crippen LogP contribution in [0.25, 0.3) is 0 Å². The summed E-state index contributed by atoms with van der Waals surface area (Å²) in [6, 6.07) is 0.0780. The first-order valence-electron chi connectivity index (χ1n) is 5.66. The van der Waals surface area contributed by atoms with Gasteiger partial charge in [-0.3, -0.25) is 0 Å². The Kier molecular flexibility index (Phi) is 3.33. The predicted molar refractivity (Wildman–Crippen MR) is 58.4 cm³/mol. The van der Waals surface area contributed by atoms with E-state index >= 15 is 0 Å². The molecule has 2 fully saturated rings. The molecule has 5 heteroatoms. The van der Waals surface area contributed by atoms with Gasteiger partial charge in [-0.2, -0.15) is 0 Å². The second-order valence-corrected chi connectivity index (χ2v) is 6.99. The molecule has 2 aliphatic rings. The van der Waals surface area contributed by atoms with Crippen LogP contribution in [0.3, 0.4) is 0 Å². The summed E-state index contributed by atoms with van der Waals surface area (Å²) in [6.45, 7) is 0.713. The highest BCUT2D eigenvalue weighted by Crippen LogP contribution is 2.26. The van der Waals surface area contributed by atoms with Gasteiger partial charge in [0, 0.05) is 12.6 Å². The molecule has 0 amide bonds. The highest BCUT2D eigenvalue weighted by molar-refractivity contribution is 7.92. The maximum atomic E-state index is 12.0. The second kappa shape index (κ2) is 4.39. The lowest BCUT2D eigenvalue weighted by molar-refractivity contribution is 0.127. The van der Waals surface area contributed by atoms with Crippen molar-refractivity contribution in [3.8, 4) is 0 Å². The highest BCUT2D eigenvalue weighted by atomic mass is 32.2. The molecule has 0 aromatic carbocycles. The van der Waals surface area contributed by atoms with Crippen LogP contribution in [0.4, 0.5) is 0 Å². The maximum absolute atomic E-state index is 12.0. The monoisotopic (exact) mass is 233 g/mol. The molecular weight excluding hydrogens is 214 g/mol. The largest absolute Gasteiger partial charge is 0.377 e. The molecule has 88 valence electrons. The normalized spacial score (nSPS) is 37.3. The smallest absolute Gasteiger partial charge is 0.155 e. The molecule has 1 saturated carbocycles. The average molecular weight is 233 g/mol. The van der Waals surface area contributed by atoms with Crippen molar-refractivity contribution in [1.82, 2.24) is 0 Å². The lowest BCUT2D eigenvalue weighted by Crippen LogP contribution is -2.29. The molecule has 0 spiro atoms. The van der Waals surface area contributed by atoms with Gasteiger partial charge in [0.2, 0.25) is 0 Å². The molecule has 1 saturated heterocycles. The Labute approximate surface area is 91.1 Å². The summed E-state index contributed by atoms with van der Waals surface area (Å²) < 4.78 is 29.4. The molecular formula is C10H19NO3S. The number of ether oxygens (including phenoxy) is 1. The SMILES string of the molecule is NC1CCC(S(=O)(=O)CC2CCCO2)C1. The molecule has 2 N–H and O–H groups in total. The minimum Gasteiger partial charge on any atom is -0.377 e. The minimum atomic E-state index is -2.98. The van der Waals surface area contributed by atoms with Gasteiger partial charge < -0.3 is 10.5 Å². The molecule has 2 rings (SSSR count). The number of hydrogen-bond acceptors (Lipinski definition) is 4. The van der Waals surface area contributed by atoms with Crippen molar-refractivity contribution in [3.05, 3.63) is 0 Å². The molecule has 0 aromatic heterocycles. The van der Waals surface area contributed by atoms with Crippen LogP contribution < -0.4 is 5.73 Å². The van der Waals surface area contributed by atoms with Crippen molar-refractivity contribution in [3.63, 3.8) is 0 Å². The Hall–Kier alpha value is -0.130. The molecule has 15 heavy (non-hydrogen) atoms. The summed E-state index contributed by atoms with van der Waals surface area (Å²) >= 11 is 0. The summed E-state index contributed by atoms with van der Waals surface area (Å²) in [7, 11) is -2.98. The van der Waals surface area contributed by atoms with Gasteiger partial charge in [-0.25, -0.2) is 8.42 Å². The van der Waals surface area contributed by atoms with Gasteiger partial charge in [0.05, 0.1) is 17.1 Å². The van der Waals surface area contributed by atoms with Gasteiger partial charge in [-0.05, 0) is 32.1 Å². The number of rotatable bonds is 3. The third-order valence-electron chi connectivity index (χ3n) is 3.38. The van der Waals surface area contributed by atoms with E-state index in [4.69, 9.17) is 10.5 Å². The fraction of sp³-hybridized carbons (Fsp3) is 1.00. The van der Waals surface area contributed by atoms with Crippen LogP contribution in [-0.4, -0.2) is 38.2 Å². The Morgan fingerprint density at radius 3 is 2.60 bits per heavy atom. The highest BCUT2D eigenvalue weighted by Gasteiger charge is 2.35. The van der Waals surface area contributed by atoms with Crippen molar-refractivity contribution < 1.29 is 13.2 Å². The van der Waals surface area contributed by atoms with Crippen molar-refractivity contribution in [2.24, 2.45) is 5.73 Å². The van der Waals surface area contributed by atoms with E-state index in [9.17, 15) is 8.42 Å². The van der Waals surface area contributed by atoms with E-state index in [1.54, 1.807) is 0 Å². The number of sulfone groups is 1. The van der Waals surface area contributed by atoms with Crippen LogP contribution in [0.5, 0.6) is 0 Å². The van der Waals surface area contributed by atoms with E-state index in [2.05, 4.69) is 0 Å². The van der Waals surface area contributed by atoms with Gasteiger partial charge >= 0.3 is 0 Å². The molecule has 4 nitrogen and oxygen atoms in total. The Balaban J connectivity index is 1.94. The van der Waals surface area contributed by atoms with Crippen LogP contribution >= 0.6 is 0 Å². The topological polar surface area (TPSA) is 69.4 Å². The molecule has 1 aliphatic carbocycles. The Bertz CT molecular complexity index is 309. The van der Waals surface area contributed by atoms with Gasteiger partial charge in [0.25, 0.3) is 0 Å². The lowest BCUT2D eigenvalue weighted by Gasteiger charge is -2.14. The predicted octanol–water partition coefficient (Wildman–Crippen LogP) is 0.460. The third kappa shape index (κ3) is 2.71. The van der Waals surface area contributed by atoms with Crippen LogP contribution in [0.1, 0.15) is 32.1 Å². The van der Waals surface area contributed by atoms with Gasteiger partial charge in [-0.15, -0.1) is 0 Å². The van der Waals surface area contributed by atoms with Gasteiger partial charge in [0.15, 0.2) is 9.84 Å². The average Bonchev–Trinajstić information content (AvgIpc) is 2.75. The molecule has 0 radical (unpaired) electrons. The van der Waals surface area contributed by atoms with Crippen molar-refractivity contribution in [2.45, 2.75) is 49.5 Å². The summed E-state index contributed by atoms with van der Waals surface area (Å²) in [6.07, 6.45) is 4.02. The van der Waals surface area contributed by atoms with Crippen LogP contribution in [-0.2, 0) is 14.6 Å². The Morgan fingerprint density at radius 1 is 1.27 bits per heavy atom. The van der Waals surface area contributed by atoms with Crippen molar-refractivity contribution in [1.29, 1.82) is 0 Å². The van der Waals surface area contributed by atoms with E-state index in [1.807, 2.05) is 0 Å². The summed E-state index contributed by atoms with van der Waals surface area (Å²) in [5.41, 5.74) is 5.73. The first-order chi connectivity index (χ1) is 7.08. The van der Waals surface area contributed by atoms with E-state index in [1.165, 1.54) is 0 Å². The summed E-state index contributed by atoms with van der Waals surface area (Å²) in [5, 5.41) is -0.211. The summed E-state index contributed by atoms with van der Waals surface area (Å²) in [5.74, 6) is 0.199. The third-order valence-corrected chi connectivity index (χ3v) is 5.66. The van der Waals surface area contributed by atoms with Crippen LogP contribution in [0.15, 0.2) is 0 Å². The molecule has 1 aliphatic heterocycles.